The summed E-state index contributed by atoms with van der Waals surface area (Å²) in [7, 11) is 1.75. The van der Waals surface area contributed by atoms with E-state index in [4.69, 9.17) is 10.5 Å². The molecule has 0 heterocycles. The van der Waals surface area contributed by atoms with Crippen LogP contribution in [0.4, 0.5) is 0 Å². The Morgan fingerprint density at radius 1 is 1.31 bits per heavy atom. The van der Waals surface area contributed by atoms with Gasteiger partial charge >= 0.3 is 0 Å². The van der Waals surface area contributed by atoms with Gasteiger partial charge in [-0.3, -0.25) is 0 Å². The molecule has 0 spiro atoms. The van der Waals surface area contributed by atoms with E-state index in [2.05, 4.69) is 19.1 Å². The van der Waals surface area contributed by atoms with E-state index >= 15 is 0 Å². The average Bonchev–Trinajstić information content (AvgIpc) is 2.74. The van der Waals surface area contributed by atoms with E-state index in [0.29, 0.717) is 0 Å². The maximum Gasteiger partial charge on any atom is 0.122 e. The summed E-state index contributed by atoms with van der Waals surface area (Å²) in [5.74, 6) is 1.02. The SMILES string of the molecule is CCC(N)Cc1cc2c(cc1OC)CCC2. The molecule has 0 radical (unpaired) electrons. The van der Waals surface area contributed by atoms with E-state index in [1.165, 1.54) is 36.0 Å². The first-order valence-electron chi connectivity index (χ1n) is 6.18. The normalized spacial score (nSPS) is 15.9. The van der Waals surface area contributed by atoms with Gasteiger partial charge in [-0.05, 0) is 54.9 Å². The van der Waals surface area contributed by atoms with Crippen molar-refractivity contribution in [3.05, 3.63) is 28.8 Å². The van der Waals surface area contributed by atoms with Gasteiger partial charge in [0.15, 0.2) is 0 Å². The molecule has 0 aromatic heterocycles. The highest BCUT2D eigenvalue weighted by Gasteiger charge is 2.16. The first-order chi connectivity index (χ1) is 7.74. The topological polar surface area (TPSA) is 35.2 Å². The van der Waals surface area contributed by atoms with Crippen molar-refractivity contribution in [1.82, 2.24) is 0 Å². The van der Waals surface area contributed by atoms with Crippen LogP contribution < -0.4 is 10.5 Å². The Kier molecular flexibility index (Phi) is 3.49. The molecule has 16 heavy (non-hydrogen) atoms. The third kappa shape index (κ3) is 2.22. The van der Waals surface area contributed by atoms with Crippen LogP contribution in [0.3, 0.4) is 0 Å². The smallest absolute Gasteiger partial charge is 0.122 e. The standard InChI is InChI=1S/C14H21NO/c1-3-13(15)8-12-7-10-5-4-6-11(10)9-14(12)16-2/h7,9,13H,3-6,8,15H2,1-2H3. The van der Waals surface area contributed by atoms with Crippen LogP contribution in [0.25, 0.3) is 0 Å². The minimum Gasteiger partial charge on any atom is -0.496 e. The third-order valence-corrected chi connectivity index (χ3v) is 3.50. The summed E-state index contributed by atoms with van der Waals surface area (Å²) in [5.41, 5.74) is 10.3. The molecule has 2 rings (SSSR count). The second-order valence-corrected chi connectivity index (χ2v) is 4.66. The molecule has 1 aromatic carbocycles. The quantitative estimate of drug-likeness (QED) is 0.844. The van der Waals surface area contributed by atoms with Crippen LogP contribution in [-0.2, 0) is 19.3 Å². The van der Waals surface area contributed by atoms with Gasteiger partial charge in [0.1, 0.15) is 5.75 Å². The number of nitrogens with two attached hydrogens (primary N) is 1. The molecule has 0 amide bonds. The fourth-order valence-electron chi connectivity index (χ4n) is 2.43. The second kappa shape index (κ2) is 4.88. The Balaban J connectivity index is 2.28. The highest BCUT2D eigenvalue weighted by Crippen LogP contribution is 2.30. The van der Waals surface area contributed by atoms with Gasteiger partial charge in [-0.2, -0.15) is 0 Å². The van der Waals surface area contributed by atoms with Gasteiger partial charge in [-0.15, -0.1) is 0 Å². The van der Waals surface area contributed by atoms with E-state index in [1.54, 1.807) is 7.11 Å². The van der Waals surface area contributed by atoms with Crippen molar-refractivity contribution >= 4 is 0 Å². The van der Waals surface area contributed by atoms with Crippen molar-refractivity contribution in [1.29, 1.82) is 0 Å². The summed E-state index contributed by atoms with van der Waals surface area (Å²) in [6.45, 7) is 2.13. The number of aryl methyl sites for hydroxylation is 2. The lowest BCUT2D eigenvalue weighted by Gasteiger charge is -2.14. The lowest BCUT2D eigenvalue weighted by atomic mass is 9.99. The molecule has 2 heteroatoms. The van der Waals surface area contributed by atoms with Crippen LogP contribution in [0.5, 0.6) is 5.75 Å². The molecule has 2 nitrogen and oxygen atoms in total. The van der Waals surface area contributed by atoms with E-state index in [9.17, 15) is 0 Å². The molecule has 0 aliphatic heterocycles. The number of hydrogen-bond donors (Lipinski definition) is 1. The zero-order valence-electron chi connectivity index (χ0n) is 10.3. The van der Waals surface area contributed by atoms with E-state index in [0.717, 1.165) is 18.6 Å². The maximum absolute atomic E-state index is 6.02. The largest absolute Gasteiger partial charge is 0.496 e. The Morgan fingerprint density at radius 3 is 2.62 bits per heavy atom. The van der Waals surface area contributed by atoms with Crippen molar-refractivity contribution in [2.24, 2.45) is 5.73 Å². The van der Waals surface area contributed by atoms with Crippen LogP contribution in [0.15, 0.2) is 12.1 Å². The molecule has 1 atom stereocenters. The van der Waals surface area contributed by atoms with Gasteiger partial charge in [0.2, 0.25) is 0 Å². The summed E-state index contributed by atoms with van der Waals surface area (Å²) < 4.78 is 5.46. The average molecular weight is 219 g/mol. The predicted octanol–water partition coefficient (Wildman–Crippen LogP) is 2.46. The van der Waals surface area contributed by atoms with Crippen molar-refractivity contribution in [2.45, 2.75) is 45.1 Å². The molecule has 0 bridgehead atoms. The predicted molar refractivity (Wildman–Crippen MR) is 67.0 cm³/mol. The van der Waals surface area contributed by atoms with Gasteiger partial charge < -0.3 is 10.5 Å². The van der Waals surface area contributed by atoms with Crippen LogP contribution in [-0.4, -0.2) is 13.2 Å². The molecule has 1 aromatic rings. The fourth-order valence-corrected chi connectivity index (χ4v) is 2.43. The van der Waals surface area contributed by atoms with E-state index < -0.39 is 0 Å². The van der Waals surface area contributed by atoms with Crippen LogP contribution in [0, 0.1) is 0 Å². The van der Waals surface area contributed by atoms with E-state index in [1.807, 2.05) is 0 Å². The van der Waals surface area contributed by atoms with Crippen LogP contribution >= 0.6 is 0 Å². The number of hydrogen-bond acceptors (Lipinski definition) is 2. The van der Waals surface area contributed by atoms with Crippen molar-refractivity contribution < 1.29 is 4.74 Å². The van der Waals surface area contributed by atoms with Gasteiger partial charge in [-0.25, -0.2) is 0 Å². The summed E-state index contributed by atoms with van der Waals surface area (Å²) in [6, 6.07) is 4.75. The number of methoxy groups -OCH3 is 1. The first kappa shape index (κ1) is 11.5. The molecule has 88 valence electrons. The molecule has 0 saturated carbocycles. The molecule has 2 N–H and O–H groups in total. The van der Waals surface area contributed by atoms with Gasteiger partial charge in [0.25, 0.3) is 0 Å². The Bertz CT molecular complexity index is 373. The highest BCUT2D eigenvalue weighted by atomic mass is 16.5. The summed E-state index contributed by atoms with van der Waals surface area (Å²) in [4.78, 5) is 0. The Labute approximate surface area is 97.8 Å². The van der Waals surface area contributed by atoms with E-state index in [-0.39, 0.29) is 6.04 Å². The molecule has 1 unspecified atom stereocenters. The lowest BCUT2D eigenvalue weighted by molar-refractivity contribution is 0.407. The number of ether oxygens (including phenoxy) is 1. The minimum atomic E-state index is 0.244. The summed E-state index contributed by atoms with van der Waals surface area (Å²) in [6.07, 6.45) is 5.63. The lowest BCUT2D eigenvalue weighted by Crippen LogP contribution is -2.21. The zero-order valence-corrected chi connectivity index (χ0v) is 10.3. The molecular weight excluding hydrogens is 198 g/mol. The van der Waals surface area contributed by atoms with Crippen molar-refractivity contribution in [2.75, 3.05) is 7.11 Å². The zero-order chi connectivity index (χ0) is 11.5. The minimum absolute atomic E-state index is 0.244. The van der Waals surface area contributed by atoms with Gasteiger partial charge in [0, 0.05) is 6.04 Å². The van der Waals surface area contributed by atoms with Crippen molar-refractivity contribution in [3.63, 3.8) is 0 Å². The third-order valence-electron chi connectivity index (χ3n) is 3.50. The second-order valence-electron chi connectivity index (χ2n) is 4.66. The molecule has 0 fully saturated rings. The number of rotatable bonds is 4. The highest BCUT2D eigenvalue weighted by molar-refractivity contribution is 5.45. The summed E-state index contributed by atoms with van der Waals surface area (Å²) in [5, 5.41) is 0. The van der Waals surface area contributed by atoms with Crippen LogP contribution in [0.2, 0.25) is 0 Å². The fraction of sp³-hybridized carbons (Fsp3) is 0.571. The maximum atomic E-state index is 6.02. The number of benzene rings is 1. The number of fused-ring (bicyclic) bond motifs is 1. The Hall–Kier alpha value is -1.02. The molecule has 0 saturated heterocycles. The monoisotopic (exact) mass is 219 g/mol. The molecule has 1 aliphatic carbocycles. The Morgan fingerprint density at radius 2 is 2.00 bits per heavy atom. The van der Waals surface area contributed by atoms with Gasteiger partial charge in [0.05, 0.1) is 7.11 Å². The van der Waals surface area contributed by atoms with Crippen LogP contribution in [0.1, 0.15) is 36.5 Å². The summed E-state index contributed by atoms with van der Waals surface area (Å²) >= 11 is 0. The first-order valence-corrected chi connectivity index (χ1v) is 6.18. The van der Waals surface area contributed by atoms with Crippen molar-refractivity contribution in [3.8, 4) is 5.75 Å². The van der Waals surface area contributed by atoms with Gasteiger partial charge in [-0.1, -0.05) is 13.0 Å². The molecular formula is C14H21NO. The molecule has 1 aliphatic rings.